The van der Waals surface area contributed by atoms with Crippen LogP contribution in [0.25, 0.3) is 0 Å². The number of hydrogen-bond donors (Lipinski definition) is 3. The van der Waals surface area contributed by atoms with Gasteiger partial charge in [0.15, 0.2) is 0 Å². The predicted molar refractivity (Wildman–Crippen MR) is 102 cm³/mol. The van der Waals surface area contributed by atoms with Crippen molar-refractivity contribution in [3.05, 3.63) is 71.3 Å². The van der Waals surface area contributed by atoms with Gasteiger partial charge in [-0.2, -0.15) is 0 Å². The molecule has 2 unspecified atom stereocenters. The number of hydrogen-bond acceptors (Lipinski definition) is 3. The maximum Gasteiger partial charge on any atom is 0.251 e. The van der Waals surface area contributed by atoms with Crippen LogP contribution in [0.1, 0.15) is 46.7 Å². The van der Waals surface area contributed by atoms with E-state index in [1.54, 1.807) is 6.92 Å². The molecule has 2 aromatic carbocycles. The van der Waals surface area contributed by atoms with E-state index in [-0.39, 0.29) is 11.8 Å². The highest BCUT2D eigenvalue weighted by Crippen LogP contribution is 2.54. The van der Waals surface area contributed by atoms with Crippen LogP contribution in [0.15, 0.2) is 54.6 Å². The van der Waals surface area contributed by atoms with E-state index < -0.39 is 12.1 Å². The van der Waals surface area contributed by atoms with Crippen molar-refractivity contribution >= 4 is 11.8 Å². The molecule has 2 aromatic rings. The minimum absolute atomic E-state index is 0.294. The van der Waals surface area contributed by atoms with Gasteiger partial charge in [0.1, 0.15) is 6.04 Å². The zero-order valence-electron chi connectivity index (χ0n) is 15.1. The summed E-state index contributed by atoms with van der Waals surface area (Å²) in [6.45, 7) is 1.69. The van der Waals surface area contributed by atoms with E-state index in [4.69, 9.17) is 5.73 Å². The number of benzene rings is 2. The maximum absolute atomic E-state index is 12.4. The summed E-state index contributed by atoms with van der Waals surface area (Å²) in [6, 6.07) is 16.9. The van der Waals surface area contributed by atoms with Crippen LogP contribution in [-0.4, -0.2) is 30.9 Å². The minimum Gasteiger partial charge on any atom is -0.357 e. The number of likely N-dealkylation sites (N-methyl/N-ethyl adjacent to an activating group) is 1. The third-order valence-corrected chi connectivity index (χ3v) is 4.96. The molecule has 0 bridgehead atoms. The van der Waals surface area contributed by atoms with Crippen molar-refractivity contribution in [3.63, 3.8) is 0 Å². The molecule has 1 fully saturated rings. The average Bonchev–Trinajstić information content (AvgIpc) is 3.47. The standard InChI is InChI=1S/C21H25N3O2/c1-13(22)19(21(26)23-2)24-20(25)16-10-8-15(9-11-16)18-12-17(18)14-6-4-3-5-7-14/h3-11,13,17-19H,12,22H2,1-2H3,(H,23,26)(H,24,25)/t13-,17?,18?,19+/m1/s1. The topological polar surface area (TPSA) is 84.2 Å². The zero-order valence-corrected chi connectivity index (χ0v) is 15.1. The normalized spacial score (nSPS) is 20.7. The van der Waals surface area contributed by atoms with E-state index in [9.17, 15) is 9.59 Å². The molecule has 0 spiro atoms. The number of carbonyl (C=O) groups excluding carboxylic acids is 2. The number of amides is 2. The molecule has 136 valence electrons. The van der Waals surface area contributed by atoms with Gasteiger partial charge in [0.25, 0.3) is 5.91 Å². The van der Waals surface area contributed by atoms with Gasteiger partial charge in [-0.15, -0.1) is 0 Å². The maximum atomic E-state index is 12.4. The van der Waals surface area contributed by atoms with E-state index in [0.29, 0.717) is 17.4 Å². The Balaban J connectivity index is 1.64. The second kappa shape index (κ2) is 7.70. The Bertz CT molecular complexity index is 772. The molecule has 0 saturated heterocycles. The smallest absolute Gasteiger partial charge is 0.251 e. The summed E-state index contributed by atoms with van der Waals surface area (Å²) in [7, 11) is 1.53. The van der Waals surface area contributed by atoms with Gasteiger partial charge in [0.05, 0.1) is 0 Å². The molecule has 5 nitrogen and oxygen atoms in total. The first-order chi connectivity index (χ1) is 12.5. The molecule has 4 N–H and O–H groups in total. The minimum atomic E-state index is -0.752. The predicted octanol–water partition coefficient (Wildman–Crippen LogP) is 2.15. The molecular formula is C21H25N3O2. The summed E-state index contributed by atoms with van der Waals surface area (Å²) in [5, 5.41) is 5.23. The molecule has 1 aliphatic carbocycles. The quantitative estimate of drug-likeness (QED) is 0.745. The highest BCUT2D eigenvalue weighted by atomic mass is 16.2. The van der Waals surface area contributed by atoms with E-state index in [1.807, 2.05) is 30.3 Å². The van der Waals surface area contributed by atoms with Crippen LogP contribution in [0.3, 0.4) is 0 Å². The van der Waals surface area contributed by atoms with Gasteiger partial charge in [-0.1, -0.05) is 42.5 Å². The summed E-state index contributed by atoms with van der Waals surface area (Å²) in [5.41, 5.74) is 8.94. The highest BCUT2D eigenvalue weighted by Gasteiger charge is 2.39. The molecule has 5 heteroatoms. The molecule has 0 aliphatic heterocycles. The van der Waals surface area contributed by atoms with Crippen LogP contribution in [0, 0.1) is 0 Å². The number of carbonyl (C=O) groups is 2. The summed E-state index contributed by atoms with van der Waals surface area (Å²) in [4.78, 5) is 24.3. The van der Waals surface area contributed by atoms with Crippen LogP contribution in [0.4, 0.5) is 0 Å². The van der Waals surface area contributed by atoms with Crippen molar-refractivity contribution < 1.29 is 9.59 Å². The molecule has 1 saturated carbocycles. The average molecular weight is 351 g/mol. The lowest BCUT2D eigenvalue weighted by atomic mass is 10.0. The third-order valence-electron chi connectivity index (χ3n) is 4.96. The van der Waals surface area contributed by atoms with Crippen LogP contribution >= 0.6 is 0 Å². The molecule has 0 aromatic heterocycles. The van der Waals surface area contributed by atoms with E-state index >= 15 is 0 Å². The third kappa shape index (κ3) is 3.94. The van der Waals surface area contributed by atoms with E-state index in [2.05, 4.69) is 34.9 Å². The van der Waals surface area contributed by atoms with Crippen LogP contribution < -0.4 is 16.4 Å². The Labute approximate surface area is 154 Å². The van der Waals surface area contributed by atoms with Gasteiger partial charge in [-0.05, 0) is 48.4 Å². The fourth-order valence-corrected chi connectivity index (χ4v) is 3.33. The van der Waals surface area contributed by atoms with Crippen molar-refractivity contribution in [1.82, 2.24) is 10.6 Å². The first-order valence-corrected chi connectivity index (χ1v) is 8.94. The first-order valence-electron chi connectivity index (χ1n) is 8.94. The Hall–Kier alpha value is -2.66. The summed E-state index contributed by atoms with van der Waals surface area (Å²) >= 11 is 0. The fourth-order valence-electron chi connectivity index (χ4n) is 3.33. The van der Waals surface area contributed by atoms with Gasteiger partial charge >= 0.3 is 0 Å². The van der Waals surface area contributed by atoms with Crippen molar-refractivity contribution in [2.45, 2.75) is 37.3 Å². The second-order valence-corrected chi connectivity index (χ2v) is 6.91. The SMILES string of the molecule is CNC(=O)[C@@H](NC(=O)c1ccc(C2CC2c2ccccc2)cc1)[C@@H](C)N. The summed E-state index contributed by atoms with van der Waals surface area (Å²) in [5.74, 6) is 0.482. The van der Waals surface area contributed by atoms with E-state index in [0.717, 1.165) is 6.42 Å². The van der Waals surface area contributed by atoms with E-state index in [1.165, 1.54) is 18.2 Å². The highest BCUT2D eigenvalue weighted by molar-refractivity contribution is 5.97. The lowest BCUT2D eigenvalue weighted by molar-refractivity contribution is -0.122. The molecule has 0 heterocycles. The zero-order chi connectivity index (χ0) is 18.7. The van der Waals surface area contributed by atoms with Gasteiger partial charge in [-0.25, -0.2) is 0 Å². The van der Waals surface area contributed by atoms with Crippen LogP contribution in [-0.2, 0) is 4.79 Å². The fraction of sp³-hybridized carbons (Fsp3) is 0.333. The lowest BCUT2D eigenvalue weighted by Gasteiger charge is -2.20. The monoisotopic (exact) mass is 351 g/mol. The van der Waals surface area contributed by atoms with Gasteiger partial charge in [0.2, 0.25) is 5.91 Å². The first kappa shape index (κ1) is 18.1. The van der Waals surface area contributed by atoms with Crippen molar-refractivity contribution in [2.24, 2.45) is 5.73 Å². The van der Waals surface area contributed by atoms with Gasteiger partial charge in [0, 0.05) is 18.7 Å². The molecule has 2 amide bonds. The van der Waals surface area contributed by atoms with Crippen molar-refractivity contribution in [3.8, 4) is 0 Å². The Morgan fingerprint density at radius 2 is 1.58 bits per heavy atom. The number of nitrogens with one attached hydrogen (secondary N) is 2. The molecule has 0 radical (unpaired) electrons. The van der Waals surface area contributed by atoms with Crippen LogP contribution in [0.2, 0.25) is 0 Å². The Kier molecular flexibility index (Phi) is 5.38. The summed E-state index contributed by atoms with van der Waals surface area (Å²) in [6.07, 6.45) is 1.14. The molecule has 4 atom stereocenters. The number of nitrogens with two attached hydrogens (primary N) is 1. The molecule has 26 heavy (non-hydrogen) atoms. The molecule has 3 rings (SSSR count). The largest absolute Gasteiger partial charge is 0.357 e. The van der Waals surface area contributed by atoms with Crippen LogP contribution in [0.5, 0.6) is 0 Å². The Morgan fingerprint density at radius 1 is 1.00 bits per heavy atom. The summed E-state index contributed by atoms with van der Waals surface area (Å²) < 4.78 is 0. The van der Waals surface area contributed by atoms with Crippen molar-refractivity contribution in [1.29, 1.82) is 0 Å². The Morgan fingerprint density at radius 3 is 2.12 bits per heavy atom. The molecule has 1 aliphatic rings. The van der Waals surface area contributed by atoms with Gasteiger partial charge < -0.3 is 16.4 Å². The molecular weight excluding hydrogens is 326 g/mol. The van der Waals surface area contributed by atoms with Gasteiger partial charge in [-0.3, -0.25) is 9.59 Å². The lowest BCUT2D eigenvalue weighted by Crippen LogP contribution is -2.54. The second-order valence-electron chi connectivity index (χ2n) is 6.91. The number of rotatable bonds is 6. The van der Waals surface area contributed by atoms with Crippen molar-refractivity contribution in [2.75, 3.05) is 7.05 Å².